The zero-order chi connectivity index (χ0) is 20.5. The Morgan fingerprint density at radius 1 is 1.07 bits per heavy atom. The van der Waals surface area contributed by atoms with Gasteiger partial charge in [-0.1, -0.05) is 37.6 Å². The number of benzene rings is 1. The molecule has 29 heavy (non-hydrogen) atoms. The number of aliphatic hydroxyl groups excluding tert-OH is 1. The topological polar surface area (TPSA) is 75.1 Å². The minimum Gasteiger partial charge on any atom is -0.396 e. The smallest absolute Gasteiger partial charge is 0.191 e. The Bertz CT molecular complexity index is 538. The summed E-state index contributed by atoms with van der Waals surface area (Å²) in [7, 11) is 0. The Morgan fingerprint density at radius 2 is 1.83 bits per heavy atom. The van der Waals surface area contributed by atoms with Gasteiger partial charge in [-0.15, -0.1) is 24.0 Å². The van der Waals surface area contributed by atoms with Crippen LogP contribution in [-0.4, -0.2) is 50.6 Å². The molecule has 0 spiro atoms. The Kier molecular flexibility index (Phi) is 18.5. The summed E-state index contributed by atoms with van der Waals surface area (Å²) in [5.74, 6) is 1.29. The lowest BCUT2D eigenvalue weighted by molar-refractivity contribution is 0.0453. The first kappa shape index (κ1) is 28.1. The van der Waals surface area contributed by atoms with Gasteiger partial charge in [0.1, 0.15) is 0 Å². The van der Waals surface area contributed by atoms with E-state index in [0.29, 0.717) is 32.3 Å². The number of aliphatic hydroxyl groups is 1. The molecule has 0 amide bonds. The van der Waals surface area contributed by atoms with Crippen LogP contribution in [0, 0.1) is 5.92 Å². The molecule has 6 nitrogen and oxygen atoms in total. The number of nitrogens with one attached hydrogen (secondary N) is 2. The first-order chi connectivity index (χ1) is 13.7. The van der Waals surface area contributed by atoms with E-state index in [9.17, 15) is 5.11 Å². The zero-order valence-electron chi connectivity index (χ0n) is 18.3. The van der Waals surface area contributed by atoms with Crippen molar-refractivity contribution in [3.63, 3.8) is 0 Å². The SMILES string of the molecule is CCCC(CCO)CNC(=NCc1cccc(COCCOCC)c1)NCC.I. The molecule has 0 bridgehead atoms. The number of aliphatic imine (C=N–C) groups is 1. The largest absolute Gasteiger partial charge is 0.396 e. The first-order valence-corrected chi connectivity index (χ1v) is 10.6. The van der Waals surface area contributed by atoms with Crippen molar-refractivity contribution in [1.29, 1.82) is 0 Å². The van der Waals surface area contributed by atoms with Crippen molar-refractivity contribution in [1.82, 2.24) is 10.6 Å². The maximum atomic E-state index is 9.22. The average Bonchev–Trinajstić information content (AvgIpc) is 2.70. The Hall–Kier alpha value is -0.900. The van der Waals surface area contributed by atoms with Crippen molar-refractivity contribution in [3.8, 4) is 0 Å². The van der Waals surface area contributed by atoms with E-state index in [1.165, 1.54) is 0 Å². The van der Waals surface area contributed by atoms with Crippen LogP contribution in [0.25, 0.3) is 0 Å². The van der Waals surface area contributed by atoms with Crippen LogP contribution in [0.15, 0.2) is 29.3 Å². The number of ether oxygens (including phenoxy) is 2. The Morgan fingerprint density at radius 3 is 2.52 bits per heavy atom. The predicted octanol–water partition coefficient (Wildman–Crippen LogP) is 3.71. The molecule has 7 heteroatoms. The summed E-state index contributed by atoms with van der Waals surface area (Å²) in [5.41, 5.74) is 2.30. The molecular formula is C22H40IN3O3. The molecule has 0 aliphatic carbocycles. The van der Waals surface area contributed by atoms with E-state index < -0.39 is 0 Å². The fourth-order valence-electron chi connectivity index (χ4n) is 2.96. The molecule has 0 radical (unpaired) electrons. The van der Waals surface area contributed by atoms with E-state index in [0.717, 1.165) is 56.0 Å². The highest BCUT2D eigenvalue weighted by Gasteiger charge is 2.08. The summed E-state index contributed by atoms with van der Waals surface area (Å²) in [6, 6.07) is 8.34. The van der Waals surface area contributed by atoms with Crippen LogP contribution >= 0.6 is 24.0 Å². The highest BCUT2D eigenvalue weighted by atomic mass is 127. The van der Waals surface area contributed by atoms with Crippen molar-refractivity contribution < 1.29 is 14.6 Å². The molecule has 0 fully saturated rings. The third-order valence-corrected chi connectivity index (χ3v) is 4.39. The monoisotopic (exact) mass is 521 g/mol. The molecular weight excluding hydrogens is 481 g/mol. The van der Waals surface area contributed by atoms with E-state index in [2.05, 4.69) is 42.7 Å². The fraction of sp³-hybridized carbons (Fsp3) is 0.682. The molecule has 1 rings (SSSR count). The van der Waals surface area contributed by atoms with Crippen LogP contribution in [0.3, 0.4) is 0 Å². The quantitative estimate of drug-likeness (QED) is 0.142. The lowest BCUT2D eigenvalue weighted by Crippen LogP contribution is -2.40. The van der Waals surface area contributed by atoms with Crippen LogP contribution in [0.4, 0.5) is 0 Å². The number of halogens is 1. The summed E-state index contributed by atoms with van der Waals surface area (Å²) in [6.45, 7) is 11.3. The molecule has 0 heterocycles. The van der Waals surface area contributed by atoms with E-state index in [-0.39, 0.29) is 30.6 Å². The fourth-order valence-corrected chi connectivity index (χ4v) is 2.96. The van der Waals surface area contributed by atoms with Crippen molar-refractivity contribution in [2.24, 2.45) is 10.9 Å². The van der Waals surface area contributed by atoms with Crippen molar-refractivity contribution in [2.45, 2.75) is 53.2 Å². The summed E-state index contributed by atoms with van der Waals surface area (Å²) < 4.78 is 10.9. The number of rotatable bonds is 15. The zero-order valence-corrected chi connectivity index (χ0v) is 20.6. The lowest BCUT2D eigenvalue weighted by atomic mass is 10.0. The summed E-state index contributed by atoms with van der Waals surface area (Å²) >= 11 is 0. The van der Waals surface area contributed by atoms with Crippen LogP contribution < -0.4 is 10.6 Å². The molecule has 1 aromatic carbocycles. The van der Waals surface area contributed by atoms with Gasteiger partial charge in [-0.2, -0.15) is 0 Å². The van der Waals surface area contributed by atoms with Crippen LogP contribution in [0.2, 0.25) is 0 Å². The van der Waals surface area contributed by atoms with Crippen molar-refractivity contribution in [3.05, 3.63) is 35.4 Å². The average molecular weight is 521 g/mol. The number of hydrogen-bond donors (Lipinski definition) is 3. The van der Waals surface area contributed by atoms with Crippen molar-refractivity contribution in [2.75, 3.05) is 39.5 Å². The van der Waals surface area contributed by atoms with Gasteiger partial charge in [0.25, 0.3) is 0 Å². The van der Waals surface area contributed by atoms with Gasteiger partial charge in [0, 0.05) is 26.3 Å². The van der Waals surface area contributed by atoms with Gasteiger partial charge in [-0.25, -0.2) is 4.99 Å². The second-order valence-electron chi connectivity index (χ2n) is 6.81. The Balaban J connectivity index is 0.00000784. The van der Waals surface area contributed by atoms with Crippen LogP contribution in [0.1, 0.15) is 51.2 Å². The van der Waals surface area contributed by atoms with Gasteiger partial charge in [0.05, 0.1) is 26.4 Å². The summed E-state index contributed by atoms with van der Waals surface area (Å²) in [6.07, 6.45) is 3.06. The second-order valence-corrected chi connectivity index (χ2v) is 6.81. The molecule has 0 aromatic heterocycles. The summed E-state index contributed by atoms with van der Waals surface area (Å²) in [4.78, 5) is 4.71. The normalized spacial score (nSPS) is 12.3. The standard InChI is InChI=1S/C22H39N3O3.HI/c1-4-8-19(11-12-26)16-24-22(23-5-2)25-17-20-9-7-10-21(15-20)18-28-14-13-27-6-3;/h7,9-10,15,19,26H,4-6,8,11-14,16-18H2,1-3H3,(H2,23,24,25);1H. The second kappa shape index (κ2) is 19.1. The van der Waals surface area contributed by atoms with Gasteiger partial charge in [0.2, 0.25) is 0 Å². The molecule has 3 N–H and O–H groups in total. The minimum absolute atomic E-state index is 0. The van der Waals surface area contributed by atoms with E-state index in [1.807, 2.05) is 13.0 Å². The lowest BCUT2D eigenvalue weighted by Gasteiger charge is -2.18. The first-order valence-electron chi connectivity index (χ1n) is 10.6. The molecule has 1 unspecified atom stereocenters. The molecule has 0 aliphatic heterocycles. The number of hydrogen-bond acceptors (Lipinski definition) is 4. The highest BCUT2D eigenvalue weighted by Crippen LogP contribution is 2.10. The van der Waals surface area contributed by atoms with Crippen LogP contribution in [0.5, 0.6) is 0 Å². The van der Waals surface area contributed by atoms with E-state index in [4.69, 9.17) is 14.5 Å². The molecule has 0 aliphatic rings. The Labute approximate surface area is 193 Å². The molecule has 0 saturated carbocycles. The van der Waals surface area contributed by atoms with Gasteiger partial charge in [-0.05, 0) is 43.7 Å². The van der Waals surface area contributed by atoms with Gasteiger partial charge >= 0.3 is 0 Å². The van der Waals surface area contributed by atoms with Gasteiger partial charge < -0.3 is 25.2 Å². The van der Waals surface area contributed by atoms with Gasteiger partial charge in [-0.3, -0.25) is 0 Å². The number of guanidine groups is 1. The molecule has 1 atom stereocenters. The number of nitrogens with zero attached hydrogens (tertiary/aromatic N) is 1. The molecule has 168 valence electrons. The third kappa shape index (κ3) is 13.9. The maximum absolute atomic E-state index is 9.22. The maximum Gasteiger partial charge on any atom is 0.191 e. The summed E-state index contributed by atoms with van der Waals surface area (Å²) in [5, 5.41) is 15.9. The van der Waals surface area contributed by atoms with Crippen LogP contribution in [-0.2, 0) is 22.6 Å². The predicted molar refractivity (Wildman–Crippen MR) is 131 cm³/mol. The van der Waals surface area contributed by atoms with E-state index >= 15 is 0 Å². The third-order valence-electron chi connectivity index (χ3n) is 4.39. The van der Waals surface area contributed by atoms with Crippen molar-refractivity contribution >= 4 is 29.9 Å². The molecule has 1 aromatic rings. The van der Waals surface area contributed by atoms with Gasteiger partial charge in [0.15, 0.2) is 5.96 Å². The van der Waals surface area contributed by atoms with E-state index in [1.54, 1.807) is 0 Å². The molecule has 0 saturated heterocycles. The highest BCUT2D eigenvalue weighted by molar-refractivity contribution is 14.0. The minimum atomic E-state index is 0.